The molecule has 9 nitrogen and oxygen atoms in total. The molecule has 0 radical (unpaired) electrons. The van der Waals surface area contributed by atoms with Crippen LogP contribution in [0.5, 0.6) is 11.5 Å². The molecular weight excluding hydrogens is 418 g/mol. The van der Waals surface area contributed by atoms with Crippen molar-refractivity contribution < 1.29 is 19.1 Å². The number of amides is 1. The van der Waals surface area contributed by atoms with Gasteiger partial charge in [0, 0.05) is 24.1 Å². The molecule has 1 unspecified atom stereocenters. The number of methoxy groups -OCH3 is 2. The maximum atomic E-state index is 12.9. The van der Waals surface area contributed by atoms with Crippen LogP contribution in [0.3, 0.4) is 0 Å². The number of aromatic nitrogens is 3. The second kappa shape index (κ2) is 8.68. The molecule has 0 fully saturated rings. The first-order valence-corrected chi connectivity index (χ1v) is 10.1. The monoisotopic (exact) mass is 439 g/mol. The molecule has 160 valence electrons. The van der Waals surface area contributed by atoms with Crippen molar-refractivity contribution in [3.63, 3.8) is 0 Å². The zero-order chi connectivity index (χ0) is 22.0. The second-order valence-electron chi connectivity index (χ2n) is 6.97. The number of rotatable bonds is 7. The molecule has 0 spiro atoms. The number of carbonyl (C=O) groups excluding carboxylic acids is 2. The first-order chi connectivity index (χ1) is 15.0. The van der Waals surface area contributed by atoms with E-state index in [4.69, 9.17) is 21.7 Å². The third kappa shape index (κ3) is 4.06. The Morgan fingerprint density at radius 1 is 1.26 bits per heavy atom. The highest BCUT2D eigenvalue weighted by Crippen LogP contribution is 2.36. The van der Waals surface area contributed by atoms with E-state index in [1.54, 1.807) is 18.3 Å². The number of carbonyl (C=O) groups is 2. The van der Waals surface area contributed by atoms with Crippen molar-refractivity contribution in [3.05, 3.63) is 47.0 Å². The van der Waals surface area contributed by atoms with Gasteiger partial charge in [-0.3, -0.25) is 14.6 Å². The molecule has 2 aromatic heterocycles. The molecule has 0 saturated heterocycles. The fourth-order valence-corrected chi connectivity index (χ4v) is 3.78. The summed E-state index contributed by atoms with van der Waals surface area (Å²) in [5.41, 5.74) is 1.36. The fraction of sp³-hybridized carbons (Fsp3) is 0.286. The first kappa shape index (κ1) is 20.7. The summed E-state index contributed by atoms with van der Waals surface area (Å²) in [5.74, 6) is 1.19. The summed E-state index contributed by atoms with van der Waals surface area (Å²) in [6, 6.07) is 8.40. The topological polar surface area (TPSA) is 107 Å². The van der Waals surface area contributed by atoms with Gasteiger partial charge in [0.2, 0.25) is 10.7 Å². The van der Waals surface area contributed by atoms with Crippen molar-refractivity contribution in [1.29, 1.82) is 0 Å². The number of benzene rings is 1. The highest BCUT2D eigenvalue weighted by atomic mass is 32.1. The molecule has 1 atom stereocenters. The van der Waals surface area contributed by atoms with Gasteiger partial charge in [-0.05, 0) is 36.8 Å². The Morgan fingerprint density at radius 2 is 2.03 bits per heavy atom. The minimum atomic E-state index is -0.581. The predicted molar refractivity (Wildman–Crippen MR) is 117 cm³/mol. The van der Waals surface area contributed by atoms with E-state index < -0.39 is 6.04 Å². The Labute approximate surface area is 183 Å². The summed E-state index contributed by atoms with van der Waals surface area (Å²) >= 11 is 5.34. The lowest BCUT2D eigenvalue weighted by molar-refractivity contribution is -0.121. The lowest BCUT2D eigenvalue weighted by Gasteiger charge is -2.12. The number of hydrogen-bond acceptors (Lipinski definition) is 8. The number of nitrogens with zero attached hydrogens (tertiary/aromatic N) is 3. The molecule has 4 rings (SSSR count). The zero-order valence-corrected chi connectivity index (χ0v) is 17.9. The molecular formula is C21H21N5O4S. The Morgan fingerprint density at radius 3 is 2.74 bits per heavy atom. The van der Waals surface area contributed by atoms with E-state index in [9.17, 15) is 9.59 Å². The maximum absolute atomic E-state index is 12.9. The van der Waals surface area contributed by atoms with Crippen LogP contribution in [0.2, 0.25) is 0 Å². The van der Waals surface area contributed by atoms with Crippen LogP contribution in [0.15, 0.2) is 36.5 Å². The van der Waals surface area contributed by atoms with Crippen molar-refractivity contribution in [3.8, 4) is 11.5 Å². The second-order valence-corrected chi connectivity index (χ2v) is 7.34. The third-order valence-corrected chi connectivity index (χ3v) is 5.34. The maximum Gasteiger partial charge on any atom is 0.257 e. The van der Waals surface area contributed by atoms with Crippen molar-refractivity contribution >= 4 is 40.8 Å². The van der Waals surface area contributed by atoms with Gasteiger partial charge < -0.3 is 20.1 Å². The Kier molecular flexibility index (Phi) is 5.81. The van der Waals surface area contributed by atoms with Gasteiger partial charge in [-0.15, -0.1) is 0 Å². The van der Waals surface area contributed by atoms with Crippen LogP contribution >= 0.6 is 12.2 Å². The van der Waals surface area contributed by atoms with Crippen LogP contribution in [0.25, 0.3) is 10.9 Å². The number of fused-ring (bicyclic) bond motifs is 3. The fourth-order valence-electron chi connectivity index (χ4n) is 3.50. The molecule has 3 heterocycles. The summed E-state index contributed by atoms with van der Waals surface area (Å²) in [6.07, 6.45) is 2.17. The molecule has 1 aromatic carbocycles. The lowest BCUT2D eigenvalue weighted by atomic mass is 10.1. The van der Waals surface area contributed by atoms with Crippen LogP contribution in [0.1, 0.15) is 23.3 Å². The smallest absolute Gasteiger partial charge is 0.257 e. The van der Waals surface area contributed by atoms with E-state index in [-0.39, 0.29) is 23.0 Å². The van der Waals surface area contributed by atoms with Crippen molar-refractivity contribution in [2.24, 2.45) is 0 Å². The van der Waals surface area contributed by atoms with Crippen LogP contribution < -0.4 is 20.1 Å². The zero-order valence-electron chi connectivity index (χ0n) is 17.0. The number of hydrogen-bond donors (Lipinski definition) is 2. The van der Waals surface area contributed by atoms with Crippen LogP contribution in [-0.2, 0) is 11.3 Å². The molecule has 3 aromatic rings. The Balaban J connectivity index is 1.50. The average Bonchev–Trinajstić information content (AvgIpc) is 3.13. The predicted octanol–water partition coefficient (Wildman–Crippen LogP) is 2.71. The van der Waals surface area contributed by atoms with E-state index in [0.29, 0.717) is 41.2 Å². The molecule has 0 saturated carbocycles. The van der Waals surface area contributed by atoms with Gasteiger partial charge in [-0.1, -0.05) is 6.07 Å². The van der Waals surface area contributed by atoms with Gasteiger partial charge in [0.25, 0.3) is 5.91 Å². The van der Waals surface area contributed by atoms with Gasteiger partial charge in [0.15, 0.2) is 11.5 Å². The number of anilines is 1. The van der Waals surface area contributed by atoms with Crippen molar-refractivity contribution in [2.75, 3.05) is 19.5 Å². The van der Waals surface area contributed by atoms with E-state index >= 15 is 0 Å². The molecule has 1 aliphatic heterocycles. The molecule has 1 amide bonds. The minimum absolute atomic E-state index is 0.148. The highest BCUT2D eigenvalue weighted by Gasteiger charge is 2.32. The number of nitrogens with one attached hydrogen (secondary N) is 2. The van der Waals surface area contributed by atoms with E-state index in [2.05, 4.69) is 20.6 Å². The van der Waals surface area contributed by atoms with Crippen molar-refractivity contribution in [1.82, 2.24) is 19.9 Å². The van der Waals surface area contributed by atoms with E-state index in [0.717, 1.165) is 5.69 Å². The van der Waals surface area contributed by atoms with E-state index in [1.807, 2.05) is 18.2 Å². The van der Waals surface area contributed by atoms with Crippen LogP contribution in [-0.4, -0.2) is 46.6 Å². The largest absolute Gasteiger partial charge is 0.493 e. The standard InChI is InChI=1S/C21H21N5O4S/c1-29-16-9-13-15(10-17(16)30-2)25-21(31)26-19(13)24-14(20(26)28)6-7-18(27)23-11-12-5-3-4-8-22-12/h3-5,8-10,14,24H,6-7,11H2,1-2H3,(H,23,27). The van der Waals surface area contributed by atoms with Gasteiger partial charge in [0.1, 0.15) is 11.9 Å². The SMILES string of the molecule is COc1cc2nc(=S)n3c(c2cc1OC)NC(CCC(=O)NCc1ccccn1)C3=O. The van der Waals surface area contributed by atoms with Crippen LogP contribution in [0, 0.1) is 4.77 Å². The molecule has 10 heteroatoms. The summed E-state index contributed by atoms with van der Waals surface area (Å²) in [6.45, 7) is 0.340. The molecule has 31 heavy (non-hydrogen) atoms. The lowest BCUT2D eigenvalue weighted by Crippen LogP contribution is -2.29. The summed E-state index contributed by atoms with van der Waals surface area (Å²) in [5, 5.41) is 6.70. The minimum Gasteiger partial charge on any atom is -0.493 e. The quantitative estimate of drug-likeness (QED) is 0.541. The Hall–Kier alpha value is -3.53. The molecule has 0 aliphatic carbocycles. The van der Waals surface area contributed by atoms with Gasteiger partial charge in [0.05, 0.1) is 32.0 Å². The van der Waals surface area contributed by atoms with Gasteiger partial charge in [-0.25, -0.2) is 9.55 Å². The van der Waals surface area contributed by atoms with Crippen LogP contribution in [0.4, 0.5) is 5.82 Å². The summed E-state index contributed by atoms with van der Waals surface area (Å²) in [4.78, 5) is 33.7. The van der Waals surface area contributed by atoms with Crippen molar-refractivity contribution in [2.45, 2.75) is 25.4 Å². The molecule has 0 bridgehead atoms. The molecule has 1 aliphatic rings. The third-order valence-electron chi connectivity index (χ3n) is 5.07. The first-order valence-electron chi connectivity index (χ1n) is 9.68. The normalized spacial score (nSPS) is 14.8. The Bertz CT molecular complexity index is 1210. The molecule has 2 N–H and O–H groups in total. The van der Waals surface area contributed by atoms with E-state index in [1.165, 1.54) is 18.8 Å². The average molecular weight is 439 g/mol. The van der Waals surface area contributed by atoms with Gasteiger partial charge >= 0.3 is 0 Å². The number of pyridine rings is 1. The number of ether oxygens (including phenoxy) is 2. The van der Waals surface area contributed by atoms with Gasteiger partial charge in [-0.2, -0.15) is 0 Å². The summed E-state index contributed by atoms with van der Waals surface area (Å²) in [7, 11) is 3.08. The summed E-state index contributed by atoms with van der Waals surface area (Å²) < 4.78 is 12.2. The highest BCUT2D eigenvalue weighted by molar-refractivity contribution is 7.71.